The first-order valence-electron chi connectivity index (χ1n) is 14.1. The van der Waals surface area contributed by atoms with E-state index in [1.54, 1.807) is 7.11 Å². The Morgan fingerprint density at radius 1 is 0.683 bits per heavy atom. The van der Waals surface area contributed by atoms with E-state index in [9.17, 15) is 26.3 Å². The van der Waals surface area contributed by atoms with Gasteiger partial charge in [-0.15, -0.1) is 0 Å². The van der Waals surface area contributed by atoms with Crippen LogP contribution < -0.4 is 10.6 Å². The number of nitrogens with one attached hydrogen (secondary N) is 2. The normalized spacial score (nSPS) is 17.4. The molecule has 2 aliphatic carbocycles. The Bertz CT molecular complexity index is 1280. The van der Waals surface area contributed by atoms with Crippen molar-refractivity contribution in [3.05, 3.63) is 45.0 Å². The summed E-state index contributed by atoms with van der Waals surface area (Å²) >= 11 is 0. The van der Waals surface area contributed by atoms with E-state index >= 15 is 0 Å². The average molecular weight is 556 g/mol. The molecule has 0 aliphatic heterocycles. The molecule has 0 bridgehead atoms. The van der Waals surface area contributed by atoms with Gasteiger partial charge >= 0.3 is 0 Å². The number of ether oxygens (including phenoxy) is 2. The molecule has 0 saturated carbocycles. The molecule has 0 aromatic heterocycles. The predicted octanol–water partition coefficient (Wildman–Crippen LogP) is 5.71. The molecule has 9 heteroatoms. The van der Waals surface area contributed by atoms with Crippen molar-refractivity contribution in [3.8, 4) is 30.3 Å². The van der Waals surface area contributed by atoms with Crippen LogP contribution in [0, 0.1) is 67.5 Å². The number of methoxy groups -OCH3 is 1. The van der Waals surface area contributed by atoms with E-state index in [0.29, 0.717) is 61.5 Å². The molecule has 0 atom stereocenters. The Morgan fingerprint density at radius 2 is 1.17 bits per heavy atom. The van der Waals surface area contributed by atoms with Gasteiger partial charge in [0, 0.05) is 37.0 Å². The molecule has 0 aromatic rings. The molecule has 0 unspecified atom stereocenters. The van der Waals surface area contributed by atoms with Crippen LogP contribution in [0.2, 0.25) is 0 Å². The van der Waals surface area contributed by atoms with Gasteiger partial charge < -0.3 is 20.1 Å². The Balaban J connectivity index is 1.98. The number of hydrogen-bond acceptors (Lipinski definition) is 9. The molecule has 2 rings (SSSR count). The van der Waals surface area contributed by atoms with E-state index in [4.69, 9.17) is 9.47 Å². The molecule has 216 valence electrons. The van der Waals surface area contributed by atoms with Gasteiger partial charge in [0.2, 0.25) is 0 Å². The average Bonchev–Trinajstić information content (AvgIpc) is 2.92. The van der Waals surface area contributed by atoms with Gasteiger partial charge in [0.25, 0.3) is 0 Å². The second-order valence-corrected chi connectivity index (χ2v) is 12.1. The molecular formula is C32H41N7O2. The van der Waals surface area contributed by atoms with Crippen LogP contribution in [0.1, 0.15) is 79.1 Å². The Morgan fingerprint density at radius 3 is 1.68 bits per heavy atom. The zero-order valence-electron chi connectivity index (χ0n) is 25.0. The van der Waals surface area contributed by atoms with Crippen molar-refractivity contribution in [2.75, 3.05) is 33.4 Å². The second-order valence-electron chi connectivity index (χ2n) is 12.1. The summed E-state index contributed by atoms with van der Waals surface area (Å²) in [5, 5.41) is 54.5. The summed E-state index contributed by atoms with van der Waals surface area (Å²) in [4.78, 5) is 0. The number of nitriles is 5. The highest BCUT2D eigenvalue weighted by Crippen LogP contribution is 2.43. The fourth-order valence-corrected chi connectivity index (χ4v) is 5.39. The van der Waals surface area contributed by atoms with Gasteiger partial charge in [-0.3, -0.25) is 0 Å². The smallest absolute Gasteiger partial charge is 0.143 e. The number of hydrogen-bond donors (Lipinski definition) is 2. The highest BCUT2D eigenvalue weighted by atomic mass is 16.5. The molecule has 2 aliphatic rings. The molecule has 0 aromatic carbocycles. The lowest BCUT2D eigenvalue weighted by Crippen LogP contribution is -2.30. The molecule has 41 heavy (non-hydrogen) atoms. The molecule has 0 saturated heterocycles. The van der Waals surface area contributed by atoms with Crippen molar-refractivity contribution >= 4 is 0 Å². The van der Waals surface area contributed by atoms with Crippen molar-refractivity contribution in [1.82, 2.24) is 10.6 Å². The molecule has 2 N–H and O–H groups in total. The lowest BCUT2D eigenvalue weighted by Gasteiger charge is -2.35. The number of rotatable bonds is 13. The van der Waals surface area contributed by atoms with E-state index in [-0.39, 0.29) is 22.0 Å². The zero-order valence-corrected chi connectivity index (χ0v) is 25.0. The Labute approximate surface area is 245 Å². The van der Waals surface area contributed by atoms with Crippen LogP contribution in [0.15, 0.2) is 45.0 Å². The van der Waals surface area contributed by atoms with E-state index < -0.39 is 0 Å². The van der Waals surface area contributed by atoms with Gasteiger partial charge in [-0.25, -0.2) is 0 Å². The summed E-state index contributed by atoms with van der Waals surface area (Å²) in [6, 6.07) is 10.2. The molecule has 0 spiro atoms. The monoisotopic (exact) mass is 555 g/mol. The highest BCUT2D eigenvalue weighted by molar-refractivity contribution is 5.57. The predicted molar refractivity (Wildman–Crippen MR) is 155 cm³/mol. The number of nitrogens with zero attached hydrogens (tertiary/aromatic N) is 5. The maximum Gasteiger partial charge on any atom is 0.143 e. The summed E-state index contributed by atoms with van der Waals surface area (Å²) in [6.45, 7) is 10.6. The minimum Gasteiger partial charge on any atom is -0.489 e. The SMILES string of the molecule is COCCOC1=C(NCCCCCCNC2=C(C#N)C(=C(C#N)C#N)CC(C)(C)C2)CC(C)(C)CC1=C(C#N)C#N. The van der Waals surface area contributed by atoms with Crippen LogP contribution in [0.3, 0.4) is 0 Å². The van der Waals surface area contributed by atoms with Crippen LogP contribution >= 0.6 is 0 Å². The topological polar surface area (TPSA) is 161 Å². The first-order chi connectivity index (χ1) is 19.6. The van der Waals surface area contributed by atoms with Gasteiger partial charge in [0.15, 0.2) is 0 Å². The van der Waals surface area contributed by atoms with Crippen molar-refractivity contribution in [2.45, 2.75) is 79.1 Å². The second kappa shape index (κ2) is 15.5. The fraction of sp³-hybridized carbons (Fsp3) is 0.594. The largest absolute Gasteiger partial charge is 0.489 e. The lowest BCUT2D eigenvalue weighted by molar-refractivity contribution is 0.105. The van der Waals surface area contributed by atoms with Crippen molar-refractivity contribution in [3.63, 3.8) is 0 Å². The van der Waals surface area contributed by atoms with Crippen LogP contribution in [-0.4, -0.2) is 33.4 Å². The minimum absolute atomic E-state index is 0.0175. The Hall–Kier alpha value is -4.23. The summed E-state index contributed by atoms with van der Waals surface area (Å²) < 4.78 is 11.1. The zero-order chi connectivity index (χ0) is 30.5. The number of allylic oxidation sites excluding steroid dienone is 7. The molecule has 0 amide bonds. The lowest BCUT2D eigenvalue weighted by atomic mass is 9.73. The first kappa shape index (κ1) is 33.0. The van der Waals surface area contributed by atoms with Crippen molar-refractivity contribution < 1.29 is 9.47 Å². The number of unbranched alkanes of at least 4 members (excludes halogenated alkanes) is 3. The van der Waals surface area contributed by atoms with Crippen molar-refractivity contribution in [2.24, 2.45) is 10.8 Å². The summed E-state index contributed by atoms with van der Waals surface area (Å²) in [7, 11) is 1.60. The summed E-state index contributed by atoms with van der Waals surface area (Å²) in [6.07, 6.45) is 6.45. The van der Waals surface area contributed by atoms with E-state index in [1.807, 2.05) is 24.3 Å². The Kier molecular flexibility index (Phi) is 12.5. The van der Waals surface area contributed by atoms with Gasteiger partial charge in [0.05, 0.1) is 17.9 Å². The highest BCUT2D eigenvalue weighted by Gasteiger charge is 2.34. The molecule has 9 nitrogen and oxygen atoms in total. The van der Waals surface area contributed by atoms with Crippen LogP contribution in [-0.2, 0) is 9.47 Å². The van der Waals surface area contributed by atoms with Crippen molar-refractivity contribution in [1.29, 1.82) is 26.3 Å². The fourth-order valence-electron chi connectivity index (χ4n) is 5.39. The molecule has 0 fully saturated rings. The molecule has 0 heterocycles. The third kappa shape index (κ3) is 9.43. The van der Waals surface area contributed by atoms with Crippen LogP contribution in [0.5, 0.6) is 0 Å². The van der Waals surface area contributed by atoms with E-state index in [1.165, 1.54) is 0 Å². The van der Waals surface area contributed by atoms with Crippen LogP contribution in [0.4, 0.5) is 0 Å². The summed E-state index contributed by atoms with van der Waals surface area (Å²) in [5.41, 5.74) is 3.22. The van der Waals surface area contributed by atoms with E-state index in [2.05, 4.69) is 44.4 Å². The standard InChI is InChI=1S/C32H41N7O2/c1-31(2)14-25(23(18-33)19-34)27(22-37)28(16-31)38-10-8-6-7-9-11-39-29-17-32(3,4)15-26(24(20-35)21-36)30(29)41-13-12-40-5/h38-39H,6-17H2,1-5H3. The third-order valence-corrected chi connectivity index (χ3v) is 7.25. The maximum atomic E-state index is 9.77. The first-order valence-corrected chi connectivity index (χ1v) is 14.1. The third-order valence-electron chi connectivity index (χ3n) is 7.25. The molecule has 0 radical (unpaired) electrons. The van der Waals surface area contributed by atoms with Gasteiger partial charge in [-0.1, -0.05) is 40.5 Å². The summed E-state index contributed by atoms with van der Waals surface area (Å²) in [5.74, 6) is 0.602. The quantitative estimate of drug-likeness (QED) is 0.214. The molecular weight excluding hydrogens is 514 g/mol. The van der Waals surface area contributed by atoms with Gasteiger partial charge in [-0.05, 0) is 49.4 Å². The van der Waals surface area contributed by atoms with Crippen LogP contribution in [0.25, 0.3) is 0 Å². The van der Waals surface area contributed by atoms with Gasteiger partial charge in [0.1, 0.15) is 53.9 Å². The van der Waals surface area contributed by atoms with Gasteiger partial charge in [-0.2, -0.15) is 26.3 Å². The van der Waals surface area contributed by atoms with E-state index in [0.717, 1.165) is 50.0 Å². The maximum absolute atomic E-state index is 9.77. The minimum atomic E-state index is -0.145.